The van der Waals surface area contributed by atoms with Crippen LogP contribution in [-0.4, -0.2) is 73.4 Å². The van der Waals surface area contributed by atoms with E-state index in [2.05, 4.69) is 41.5 Å². The molecule has 5 N–H and O–H groups in total. The van der Waals surface area contributed by atoms with E-state index >= 15 is 0 Å². The average molecular weight is 541 g/mol. The van der Waals surface area contributed by atoms with Gasteiger partial charge in [0.05, 0.1) is 18.9 Å². The van der Waals surface area contributed by atoms with E-state index in [0.717, 1.165) is 29.5 Å². The van der Waals surface area contributed by atoms with Crippen LogP contribution in [0.3, 0.4) is 0 Å². The quantitative estimate of drug-likeness (QED) is 0.321. The van der Waals surface area contributed by atoms with E-state index < -0.39 is 36.4 Å². The van der Waals surface area contributed by atoms with Gasteiger partial charge < -0.3 is 25.7 Å². The predicted molar refractivity (Wildman–Crippen MR) is 142 cm³/mol. The minimum absolute atomic E-state index is 0.0210. The molecule has 2 heterocycles. The maximum atomic E-state index is 13.3. The van der Waals surface area contributed by atoms with Crippen molar-refractivity contribution in [1.82, 2.24) is 10.2 Å². The number of rotatable bonds is 9. The molecule has 2 bridgehead atoms. The molecular formula is C29H36N2O8. The van der Waals surface area contributed by atoms with Crippen molar-refractivity contribution >= 4 is 23.8 Å². The first-order valence-corrected chi connectivity index (χ1v) is 12.8. The number of carboxylic acid groups (broad SMARTS) is 3. The molecule has 0 spiro atoms. The first kappa shape index (κ1) is 29.8. The van der Waals surface area contributed by atoms with Crippen molar-refractivity contribution in [3.63, 3.8) is 0 Å². The van der Waals surface area contributed by atoms with E-state index in [9.17, 15) is 19.2 Å². The number of hydrogen-bond acceptors (Lipinski definition) is 6. The van der Waals surface area contributed by atoms with Crippen LogP contribution in [0.2, 0.25) is 0 Å². The Labute approximate surface area is 227 Å². The lowest BCUT2D eigenvalue weighted by Gasteiger charge is -2.41. The Morgan fingerprint density at radius 2 is 1.44 bits per heavy atom. The van der Waals surface area contributed by atoms with Crippen LogP contribution >= 0.6 is 0 Å². The number of benzene rings is 2. The fourth-order valence-corrected chi connectivity index (χ4v) is 5.96. The lowest BCUT2D eigenvalue weighted by atomic mass is 9.78. The second-order valence-electron chi connectivity index (χ2n) is 10.5. The van der Waals surface area contributed by atoms with Crippen molar-refractivity contribution in [2.75, 3.05) is 7.05 Å². The largest absolute Gasteiger partial charge is 0.481 e. The van der Waals surface area contributed by atoms with Gasteiger partial charge in [0, 0.05) is 17.1 Å². The van der Waals surface area contributed by atoms with Crippen molar-refractivity contribution < 1.29 is 39.6 Å². The number of aryl methyl sites for hydroxylation is 2. The molecule has 2 aromatic rings. The van der Waals surface area contributed by atoms with Crippen molar-refractivity contribution in [1.29, 1.82) is 0 Å². The molecule has 2 aromatic carbocycles. The molecule has 2 aliphatic rings. The number of hydrogen-bond donors (Lipinski definition) is 5. The number of fused-ring (bicyclic) bond motifs is 2. The molecule has 2 saturated heterocycles. The number of amides is 1. The highest BCUT2D eigenvalue weighted by atomic mass is 16.4. The number of nitrogens with one attached hydrogen (secondary N) is 1. The molecule has 210 valence electrons. The molecule has 0 radical (unpaired) electrons. The first-order chi connectivity index (χ1) is 18.3. The zero-order valence-corrected chi connectivity index (χ0v) is 22.4. The molecule has 0 saturated carbocycles. The van der Waals surface area contributed by atoms with Crippen LogP contribution in [0.1, 0.15) is 71.6 Å². The summed E-state index contributed by atoms with van der Waals surface area (Å²) < 4.78 is 0. The molecular weight excluding hydrogens is 504 g/mol. The van der Waals surface area contributed by atoms with Gasteiger partial charge in [0.1, 0.15) is 0 Å². The first-order valence-electron chi connectivity index (χ1n) is 12.8. The fourth-order valence-electron chi connectivity index (χ4n) is 5.96. The molecule has 2 aliphatic heterocycles. The van der Waals surface area contributed by atoms with Gasteiger partial charge in [-0.2, -0.15) is 0 Å². The Kier molecular flexibility index (Phi) is 9.14. The van der Waals surface area contributed by atoms with Crippen molar-refractivity contribution in [2.45, 2.75) is 75.6 Å². The van der Waals surface area contributed by atoms with Gasteiger partial charge in [-0.1, -0.05) is 48.5 Å². The minimum atomic E-state index is -2.74. The van der Waals surface area contributed by atoms with E-state index in [4.69, 9.17) is 20.4 Å². The molecule has 10 nitrogen and oxygen atoms in total. The van der Waals surface area contributed by atoms with Gasteiger partial charge in [0.2, 0.25) is 0 Å². The monoisotopic (exact) mass is 540 g/mol. The maximum absolute atomic E-state index is 13.3. The number of carbonyl (C=O) groups is 4. The molecule has 10 heteroatoms. The van der Waals surface area contributed by atoms with Gasteiger partial charge in [0.25, 0.3) is 5.91 Å². The number of aliphatic hydroxyl groups is 1. The second kappa shape index (κ2) is 12.0. The van der Waals surface area contributed by atoms with Crippen LogP contribution in [-0.2, 0) is 14.4 Å². The summed E-state index contributed by atoms with van der Waals surface area (Å²) in [5, 5.41) is 37.3. The molecule has 1 amide bonds. The van der Waals surface area contributed by atoms with Crippen LogP contribution in [0.25, 0.3) is 0 Å². The van der Waals surface area contributed by atoms with Gasteiger partial charge in [-0.3, -0.25) is 19.3 Å². The Hall–Kier alpha value is -3.76. The summed E-state index contributed by atoms with van der Waals surface area (Å²) in [6.07, 6.45) is 2.49. The number of aliphatic carboxylic acids is 3. The summed E-state index contributed by atoms with van der Waals surface area (Å²) in [6.45, 7) is 4.04. The third-order valence-corrected chi connectivity index (χ3v) is 8.01. The summed E-state index contributed by atoms with van der Waals surface area (Å²) in [5.41, 5.74) is 1.41. The van der Waals surface area contributed by atoms with Gasteiger partial charge in [0.15, 0.2) is 5.60 Å². The summed E-state index contributed by atoms with van der Waals surface area (Å²) in [7, 11) is 2.24. The van der Waals surface area contributed by atoms with Crippen LogP contribution < -0.4 is 5.32 Å². The lowest BCUT2D eigenvalue weighted by molar-refractivity contribution is -0.170. The van der Waals surface area contributed by atoms with E-state index in [-0.39, 0.29) is 17.5 Å². The summed E-state index contributed by atoms with van der Waals surface area (Å²) in [4.78, 5) is 46.3. The molecule has 4 rings (SSSR count). The third kappa shape index (κ3) is 6.46. The summed E-state index contributed by atoms with van der Waals surface area (Å²) >= 11 is 0. The van der Waals surface area contributed by atoms with Crippen LogP contribution in [0, 0.1) is 13.8 Å². The predicted octanol–water partition coefficient (Wildman–Crippen LogP) is 3.15. The molecule has 2 fully saturated rings. The molecule has 0 aliphatic carbocycles. The van der Waals surface area contributed by atoms with E-state index in [0.29, 0.717) is 6.04 Å². The van der Waals surface area contributed by atoms with Crippen LogP contribution in [0.15, 0.2) is 48.5 Å². The zero-order valence-electron chi connectivity index (χ0n) is 22.4. The van der Waals surface area contributed by atoms with Gasteiger partial charge in [-0.25, -0.2) is 4.79 Å². The summed E-state index contributed by atoms with van der Waals surface area (Å²) in [5.74, 6) is -4.97. The topological polar surface area (TPSA) is 164 Å². The molecule has 0 unspecified atom stereocenters. The van der Waals surface area contributed by atoms with E-state index in [1.165, 1.54) is 18.4 Å². The number of carboxylic acids is 3. The van der Waals surface area contributed by atoms with Gasteiger partial charge >= 0.3 is 17.9 Å². The lowest BCUT2D eigenvalue weighted by Crippen LogP contribution is -2.51. The highest BCUT2D eigenvalue weighted by Gasteiger charge is 2.54. The van der Waals surface area contributed by atoms with Crippen molar-refractivity contribution in [2.24, 2.45) is 0 Å². The Bertz CT molecular complexity index is 1180. The molecule has 0 aromatic heterocycles. The SMILES string of the molecule is Cc1cccc(C)c1C(=O)N[C@H](c1ccccc1)C12CCC(CC1)N2C.O=C(O)CC(O)(CC(=O)O)C(=O)O. The van der Waals surface area contributed by atoms with Crippen LogP contribution in [0.4, 0.5) is 0 Å². The van der Waals surface area contributed by atoms with Crippen LogP contribution in [0.5, 0.6) is 0 Å². The van der Waals surface area contributed by atoms with Crippen molar-refractivity contribution in [3.05, 3.63) is 70.8 Å². The highest BCUT2D eigenvalue weighted by Crippen LogP contribution is 2.51. The number of likely N-dealkylation sites (N-methyl/N-ethyl adjacent to an activating group) is 1. The van der Waals surface area contributed by atoms with E-state index in [1.807, 2.05) is 38.1 Å². The van der Waals surface area contributed by atoms with Gasteiger partial charge in [-0.05, 0) is 63.3 Å². The Morgan fingerprint density at radius 3 is 1.85 bits per heavy atom. The standard InChI is InChI=1S/C23H28N2O.C6H8O7/c1-16-8-7-9-17(2)20(16)22(26)24-21(18-10-5-4-6-11-18)23-14-12-19(13-15-23)25(23)3;7-3(8)1-6(13,5(11)12)2-4(9)10/h4-11,19,21H,12-15H2,1-3H3,(H,24,26);13H,1-2H2,(H,7,8)(H,9,10)(H,11,12)/t19?,21-,23?;/m1./s1. The fraction of sp³-hybridized carbons (Fsp3) is 0.448. The Morgan fingerprint density at radius 1 is 0.923 bits per heavy atom. The number of carbonyl (C=O) groups excluding carboxylic acids is 1. The molecule has 1 atom stereocenters. The normalized spacial score (nSPS) is 21.0. The number of nitrogens with zero attached hydrogens (tertiary/aromatic N) is 1. The maximum Gasteiger partial charge on any atom is 0.336 e. The average Bonchev–Trinajstić information content (AvgIpc) is 3.34. The van der Waals surface area contributed by atoms with Crippen molar-refractivity contribution in [3.8, 4) is 0 Å². The Balaban J connectivity index is 0.000000276. The smallest absolute Gasteiger partial charge is 0.336 e. The second-order valence-corrected chi connectivity index (χ2v) is 10.5. The minimum Gasteiger partial charge on any atom is -0.481 e. The zero-order chi connectivity index (χ0) is 29.0. The third-order valence-electron chi connectivity index (χ3n) is 8.01. The molecule has 39 heavy (non-hydrogen) atoms. The summed E-state index contributed by atoms with van der Waals surface area (Å²) in [6, 6.07) is 17.2. The van der Waals surface area contributed by atoms with E-state index in [1.54, 1.807) is 0 Å². The highest BCUT2D eigenvalue weighted by molar-refractivity contribution is 5.97. The van der Waals surface area contributed by atoms with Gasteiger partial charge in [-0.15, -0.1) is 0 Å².